The highest BCUT2D eigenvalue weighted by Crippen LogP contribution is 2.46. The van der Waals surface area contributed by atoms with Gasteiger partial charge in [-0.05, 0) is 42.0 Å². The van der Waals surface area contributed by atoms with E-state index in [1.54, 1.807) is 6.07 Å². The number of hydrazine groups is 2. The monoisotopic (exact) mass is 518 g/mol. The van der Waals surface area contributed by atoms with E-state index in [4.69, 9.17) is 10.00 Å². The number of nitrogens with one attached hydrogen (secondary N) is 1. The Morgan fingerprint density at radius 2 is 1.86 bits per heavy atom. The third kappa shape index (κ3) is 5.16. The number of ether oxygens (including phenoxy) is 1. The fourth-order valence-corrected chi connectivity index (χ4v) is 3.65. The molecule has 1 unspecified atom stereocenters. The molecule has 1 aliphatic rings. The Balaban J connectivity index is 1.60. The maximum atomic E-state index is 15.8. The number of nitriles is 1. The number of β-amino-alcohol motifs (C(OH)–C–C–N with tert-alkyl or cyclic N) is 1. The van der Waals surface area contributed by atoms with E-state index in [1.807, 2.05) is 0 Å². The van der Waals surface area contributed by atoms with Gasteiger partial charge in [-0.25, -0.2) is 18.3 Å². The van der Waals surface area contributed by atoms with Gasteiger partial charge in [0.2, 0.25) is 0 Å². The molecule has 2 heterocycles. The normalized spacial score (nSPS) is 15.0. The van der Waals surface area contributed by atoms with Crippen LogP contribution in [0, 0.1) is 28.8 Å². The summed E-state index contributed by atoms with van der Waals surface area (Å²) in [6.45, 7) is -1.03. The van der Waals surface area contributed by atoms with Gasteiger partial charge in [-0.2, -0.15) is 14.0 Å². The summed E-state index contributed by atoms with van der Waals surface area (Å²) in [4.78, 5) is 3.70. The molecule has 4 rings (SSSR count). The third-order valence-electron chi connectivity index (χ3n) is 5.55. The lowest BCUT2D eigenvalue weighted by atomic mass is 9.84. The first-order chi connectivity index (χ1) is 17.5. The second-order valence-electron chi connectivity index (χ2n) is 8.14. The number of hydrogen-bond acceptors (Lipinski definition) is 8. The molecule has 37 heavy (non-hydrogen) atoms. The van der Waals surface area contributed by atoms with Gasteiger partial charge in [0.05, 0.1) is 18.3 Å². The average Bonchev–Trinajstić information content (AvgIpc) is 3.27. The number of benzene rings is 2. The van der Waals surface area contributed by atoms with Crippen molar-refractivity contribution in [2.45, 2.75) is 18.1 Å². The van der Waals surface area contributed by atoms with Crippen LogP contribution >= 0.6 is 0 Å². The van der Waals surface area contributed by atoms with E-state index in [2.05, 4.69) is 15.6 Å². The third-order valence-corrected chi connectivity index (χ3v) is 5.55. The molecule has 2 N–H and O–H groups in total. The summed E-state index contributed by atoms with van der Waals surface area (Å²) in [6, 6.07) is 9.49. The Bertz CT molecular complexity index is 1360. The number of nitrogens with zero attached hydrogens (tertiary/aromatic N) is 5. The number of rotatable bonds is 8. The van der Waals surface area contributed by atoms with Crippen molar-refractivity contribution in [2.75, 3.05) is 13.6 Å². The molecule has 0 aliphatic carbocycles. The van der Waals surface area contributed by atoms with Crippen molar-refractivity contribution in [1.29, 1.82) is 5.26 Å². The van der Waals surface area contributed by atoms with Crippen LogP contribution in [0.5, 0.6) is 5.75 Å². The summed E-state index contributed by atoms with van der Waals surface area (Å²) in [7, 11) is 1.47. The zero-order valence-electron chi connectivity index (χ0n) is 19.2. The van der Waals surface area contributed by atoms with Crippen molar-refractivity contribution in [3.8, 4) is 11.8 Å². The number of halogens is 5. The van der Waals surface area contributed by atoms with E-state index in [0.29, 0.717) is 11.6 Å². The lowest BCUT2D eigenvalue weighted by Gasteiger charge is -2.38. The molecule has 1 aromatic heterocycles. The van der Waals surface area contributed by atoms with Crippen molar-refractivity contribution in [2.24, 2.45) is 5.10 Å². The number of pyridine rings is 1. The highest BCUT2D eigenvalue weighted by atomic mass is 19.3. The van der Waals surface area contributed by atoms with Crippen LogP contribution in [0.15, 0.2) is 59.8 Å². The van der Waals surface area contributed by atoms with Crippen LogP contribution in [-0.4, -0.2) is 40.1 Å². The van der Waals surface area contributed by atoms with Gasteiger partial charge in [-0.1, -0.05) is 6.07 Å². The molecule has 3 aromatic rings. The quantitative estimate of drug-likeness (QED) is 0.441. The van der Waals surface area contributed by atoms with Crippen molar-refractivity contribution in [3.63, 3.8) is 0 Å². The summed E-state index contributed by atoms with van der Waals surface area (Å²) < 4.78 is 79.0. The summed E-state index contributed by atoms with van der Waals surface area (Å²) in [5.74, 6) is -7.24. The largest absolute Gasteiger partial charge is 0.487 e. The Morgan fingerprint density at radius 1 is 1.08 bits per heavy atom. The van der Waals surface area contributed by atoms with E-state index in [9.17, 15) is 18.3 Å². The molecule has 1 aliphatic heterocycles. The van der Waals surface area contributed by atoms with Gasteiger partial charge in [-0.3, -0.25) is 9.99 Å². The molecular weight excluding hydrogens is 499 g/mol. The van der Waals surface area contributed by atoms with E-state index in [1.165, 1.54) is 24.3 Å². The molecule has 2 aromatic carbocycles. The zero-order valence-corrected chi connectivity index (χ0v) is 19.2. The van der Waals surface area contributed by atoms with Crippen LogP contribution in [0.25, 0.3) is 0 Å². The highest BCUT2D eigenvalue weighted by molar-refractivity contribution is 5.55. The van der Waals surface area contributed by atoms with Gasteiger partial charge in [0.25, 0.3) is 0 Å². The van der Waals surface area contributed by atoms with Gasteiger partial charge >= 0.3 is 5.92 Å². The van der Waals surface area contributed by atoms with E-state index < -0.39 is 46.8 Å². The summed E-state index contributed by atoms with van der Waals surface area (Å²) in [6.07, 6.45) is 2.08. The second-order valence-corrected chi connectivity index (χ2v) is 8.14. The fourth-order valence-electron chi connectivity index (χ4n) is 3.65. The molecule has 0 amide bonds. The Hall–Kier alpha value is -4.28. The first-order valence-corrected chi connectivity index (χ1v) is 10.7. The van der Waals surface area contributed by atoms with Crippen LogP contribution < -0.4 is 10.3 Å². The minimum atomic E-state index is -4.18. The minimum Gasteiger partial charge on any atom is -0.487 e. The molecule has 192 valence electrons. The van der Waals surface area contributed by atoms with E-state index >= 15 is 8.78 Å². The highest BCUT2D eigenvalue weighted by Gasteiger charge is 2.58. The molecule has 1 atom stereocenters. The van der Waals surface area contributed by atoms with Crippen molar-refractivity contribution in [3.05, 3.63) is 94.6 Å². The Morgan fingerprint density at radius 3 is 2.46 bits per heavy atom. The van der Waals surface area contributed by atoms with Crippen molar-refractivity contribution in [1.82, 2.24) is 20.6 Å². The minimum absolute atomic E-state index is 0.0517. The first kappa shape index (κ1) is 25.8. The fraction of sp³-hybridized carbons (Fsp3) is 0.208. The molecule has 0 saturated heterocycles. The van der Waals surface area contributed by atoms with Crippen LogP contribution in [0.1, 0.15) is 22.4 Å². The molecule has 0 fully saturated rings. The standard InChI is InChI=1S/C24H19F5N6O2/c1-34-32-14-35(33-34)13-23(36,19-6-4-17(25)9-21(19)27)24(28,29)22-7-5-18(11-31-22)37-12-15-2-3-16(10-30)20(26)8-15/h2-9,11,14,33,36H,12-13H2,1H3. The predicted molar refractivity (Wildman–Crippen MR) is 120 cm³/mol. The van der Waals surface area contributed by atoms with Crippen LogP contribution in [0.4, 0.5) is 22.0 Å². The molecule has 0 radical (unpaired) electrons. The summed E-state index contributed by atoms with van der Waals surface area (Å²) in [5, 5.41) is 26.0. The SMILES string of the molecule is CN1N=CN(CC(O)(c2ccc(F)cc2F)C(F)(F)c2ccc(OCc3ccc(C#N)c(F)c3)cn2)N1. The van der Waals surface area contributed by atoms with Crippen molar-refractivity contribution < 1.29 is 31.8 Å². The van der Waals surface area contributed by atoms with Crippen LogP contribution in [0.3, 0.4) is 0 Å². The average molecular weight is 518 g/mol. The van der Waals surface area contributed by atoms with Crippen LogP contribution in [-0.2, 0) is 18.1 Å². The summed E-state index contributed by atoms with van der Waals surface area (Å²) >= 11 is 0. The Kier molecular flexibility index (Phi) is 6.97. The van der Waals surface area contributed by atoms with Gasteiger partial charge < -0.3 is 9.84 Å². The lowest BCUT2D eigenvalue weighted by molar-refractivity contribution is -0.207. The predicted octanol–water partition coefficient (Wildman–Crippen LogP) is 3.54. The number of alkyl halides is 2. The Labute approximate surface area is 207 Å². The molecule has 0 bridgehead atoms. The number of hydrogen-bond donors (Lipinski definition) is 2. The maximum Gasteiger partial charge on any atom is 0.323 e. The molecule has 13 heteroatoms. The molecular formula is C24H19F5N6O2. The summed E-state index contributed by atoms with van der Waals surface area (Å²) in [5.41, 5.74) is -2.18. The first-order valence-electron chi connectivity index (χ1n) is 10.7. The van der Waals surface area contributed by atoms with E-state index in [-0.39, 0.29) is 17.9 Å². The van der Waals surface area contributed by atoms with E-state index in [0.717, 1.165) is 47.9 Å². The van der Waals surface area contributed by atoms with Gasteiger partial charge in [0.15, 0.2) is 5.60 Å². The topological polar surface area (TPSA) is 97.0 Å². The molecule has 0 saturated carbocycles. The van der Waals surface area contributed by atoms with Gasteiger partial charge in [0, 0.05) is 18.7 Å². The maximum absolute atomic E-state index is 15.8. The van der Waals surface area contributed by atoms with Gasteiger partial charge in [0.1, 0.15) is 47.9 Å². The second kappa shape index (κ2) is 10.00. The zero-order chi connectivity index (χ0) is 26.8. The lowest BCUT2D eigenvalue weighted by Crippen LogP contribution is -2.55. The molecule has 0 spiro atoms. The molecule has 8 nitrogen and oxygen atoms in total. The smallest absolute Gasteiger partial charge is 0.323 e. The number of hydrazone groups is 1. The number of aliphatic hydroxyl groups is 1. The number of aromatic nitrogens is 1. The van der Waals surface area contributed by atoms with Crippen molar-refractivity contribution >= 4 is 6.34 Å². The van der Waals surface area contributed by atoms with Gasteiger partial charge in [-0.15, -0.1) is 10.6 Å². The van der Waals surface area contributed by atoms with Crippen LogP contribution in [0.2, 0.25) is 0 Å².